The number of rotatable bonds is 5. The Morgan fingerprint density at radius 1 is 1.45 bits per heavy atom. The number of nitro benzene ring substituents is 1. The summed E-state index contributed by atoms with van der Waals surface area (Å²) in [5.74, 6) is 0.561. The van der Waals surface area contributed by atoms with Crippen molar-refractivity contribution in [1.82, 2.24) is 5.32 Å². The minimum atomic E-state index is -0.288. The topological polar surface area (TPSA) is 58.4 Å². The molecule has 5 heteroatoms. The Bertz CT molecular complexity index is 456. The predicted octanol–water partition coefficient (Wildman–Crippen LogP) is 2.81. The summed E-state index contributed by atoms with van der Waals surface area (Å²) in [7, 11) is 0. The van der Waals surface area contributed by atoms with E-state index in [-0.39, 0.29) is 16.7 Å². The molecule has 20 heavy (non-hydrogen) atoms. The summed E-state index contributed by atoms with van der Waals surface area (Å²) < 4.78 is 0. The van der Waals surface area contributed by atoms with E-state index in [0.29, 0.717) is 5.92 Å². The molecular formula is C15H23N3O2. The van der Waals surface area contributed by atoms with Crippen LogP contribution in [0.25, 0.3) is 0 Å². The summed E-state index contributed by atoms with van der Waals surface area (Å²) in [6.45, 7) is 7.14. The molecule has 0 aromatic heterocycles. The number of para-hydroxylation sites is 2. The first kappa shape index (κ1) is 14.8. The first-order valence-corrected chi connectivity index (χ1v) is 7.30. The molecule has 1 aromatic rings. The van der Waals surface area contributed by atoms with E-state index in [1.54, 1.807) is 12.1 Å². The summed E-state index contributed by atoms with van der Waals surface area (Å²) >= 11 is 0. The largest absolute Gasteiger partial charge is 0.363 e. The summed E-state index contributed by atoms with van der Waals surface area (Å²) in [6, 6.07) is 7.29. The van der Waals surface area contributed by atoms with E-state index in [9.17, 15) is 10.1 Å². The van der Waals surface area contributed by atoms with Crippen molar-refractivity contribution in [3.05, 3.63) is 34.4 Å². The Balaban J connectivity index is 2.21. The molecule has 1 aliphatic heterocycles. The molecule has 1 unspecified atom stereocenters. The fraction of sp³-hybridized carbons (Fsp3) is 0.600. The molecule has 1 N–H and O–H groups in total. The van der Waals surface area contributed by atoms with Crippen molar-refractivity contribution in [3.63, 3.8) is 0 Å². The molecule has 1 fully saturated rings. The highest BCUT2D eigenvalue weighted by Crippen LogP contribution is 2.30. The van der Waals surface area contributed by atoms with Gasteiger partial charge in [0.05, 0.1) is 4.92 Å². The van der Waals surface area contributed by atoms with Crippen LogP contribution in [0.5, 0.6) is 0 Å². The van der Waals surface area contributed by atoms with Gasteiger partial charge >= 0.3 is 0 Å². The van der Waals surface area contributed by atoms with Crippen molar-refractivity contribution in [2.75, 3.05) is 24.5 Å². The van der Waals surface area contributed by atoms with E-state index in [1.165, 1.54) is 12.8 Å². The number of hydrogen-bond acceptors (Lipinski definition) is 4. The molecule has 110 valence electrons. The van der Waals surface area contributed by atoms with Crippen LogP contribution in [0.15, 0.2) is 24.3 Å². The summed E-state index contributed by atoms with van der Waals surface area (Å²) in [4.78, 5) is 13.1. The highest BCUT2D eigenvalue weighted by molar-refractivity contribution is 5.63. The van der Waals surface area contributed by atoms with Crippen molar-refractivity contribution >= 4 is 11.4 Å². The maximum absolute atomic E-state index is 11.2. The highest BCUT2D eigenvalue weighted by Gasteiger charge is 2.24. The van der Waals surface area contributed by atoms with Crippen LogP contribution in [0, 0.1) is 16.0 Å². The Labute approximate surface area is 120 Å². The lowest BCUT2D eigenvalue weighted by molar-refractivity contribution is -0.384. The van der Waals surface area contributed by atoms with Crippen molar-refractivity contribution in [2.45, 2.75) is 32.7 Å². The second kappa shape index (κ2) is 6.70. The van der Waals surface area contributed by atoms with Crippen LogP contribution in [0.1, 0.15) is 26.7 Å². The lowest BCUT2D eigenvalue weighted by Crippen LogP contribution is -2.41. The maximum atomic E-state index is 11.2. The molecular weight excluding hydrogens is 254 g/mol. The third-order valence-electron chi connectivity index (χ3n) is 3.87. The number of nitro groups is 1. The normalized spacial score (nSPS) is 19.1. The van der Waals surface area contributed by atoms with Crippen LogP contribution >= 0.6 is 0 Å². The molecule has 0 amide bonds. The van der Waals surface area contributed by atoms with Gasteiger partial charge < -0.3 is 10.2 Å². The molecule has 1 saturated heterocycles. The zero-order valence-electron chi connectivity index (χ0n) is 12.2. The van der Waals surface area contributed by atoms with Crippen LogP contribution in [0.3, 0.4) is 0 Å². The van der Waals surface area contributed by atoms with E-state index in [4.69, 9.17) is 0 Å². The Morgan fingerprint density at radius 2 is 2.20 bits per heavy atom. The number of anilines is 1. The fourth-order valence-electron chi connectivity index (χ4n) is 2.81. The number of piperidine rings is 1. The van der Waals surface area contributed by atoms with E-state index < -0.39 is 0 Å². The highest BCUT2D eigenvalue weighted by atomic mass is 16.6. The number of benzene rings is 1. The van der Waals surface area contributed by atoms with Gasteiger partial charge in [0.1, 0.15) is 5.69 Å². The van der Waals surface area contributed by atoms with E-state index in [0.717, 1.165) is 25.3 Å². The Morgan fingerprint density at radius 3 is 2.80 bits per heavy atom. The van der Waals surface area contributed by atoms with Gasteiger partial charge in [0.15, 0.2) is 0 Å². The maximum Gasteiger partial charge on any atom is 0.292 e. The standard InChI is InChI=1S/C15H23N3O2/c1-12(2)17(11-13-6-5-9-16-10-13)14-7-3-4-8-15(14)18(19)20/h3-4,7-8,12-13,16H,5-6,9-11H2,1-2H3. The molecule has 1 aliphatic rings. The van der Waals surface area contributed by atoms with Crippen molar-refractivity contribution in [3.8, 4) is 0 Å². The van der Waals surface area contributed by atoms with Gasteiger partial charge in [0, 0.05) is 18.7 Å². The van der Waals surface area contributed by atoms with Crippen molar-refractivity contribution in [2.24, 2.45) is 5.92 Å². The van der Waals surface area contributed by atoms with Gasteiger partial charge in [-0.25, -0.2) is 0 Å². The molecule has 5 nitrogen and oxygen atoms in total. The SMILES string of the molecule is CC(C)N(CC1CCCNC1)c1ccccc1[N+](=O)[O-]. The van der Waals surface area contributed by atoms with Crippen molar-refractivity contribution in [1.29, 1.82) is 0 Å². The van der Waals surface area contributed by atoms with E-state index in [1.807, 2.05) is 12.1 Å². The molecule has 0 aliphatic carbocycles. The molecule has 1 aromatic carbocycles. The molecule has 0 radical (unpaired) electrons. The lowest BCUT2D eigenvalue weighted by atomic mass is 9.98. The average molecular weight is 277 g/mol. The fourth-order valence-corrected chi connectivity index (χ4v) is 2.81. The Kier molecular flexibility index (Phi) is 4.95. The Hall–Kier alpha value is -1.62. The van der Waals surface area contributed by atoms with Gasteiger partial charge in [-0.1, -0.05) is 12.1 Å². The monoisotopic (exact) mass is 277 g/mol. The van der Waals surface area contributed by atoms with Crippen molar-refractivity contribution < 1.29 is 4.92 Å². The van der Waals surface area contributed by atoms with Crippen LogP contribution in [-0.4, -0.2) is 30.6 Å². The number of nitrogens with one attached hydrogen (secondary N) is 1. The zero-order chi connectivity index (χ0) is 14.5. The van der Waals surface area contributed by atoms with E-state index >= 15 is 0 Å². The number of hydrogen-bond donors (Lipinski definition) is 1. The van der Waals surface area contributed by atoms with Gasteiger partial charge in [-0.15, -0.1) is 0 Å². The van der Waals surface area contributed by atoms with Gasteiger partial charge in [-0.2, -0.15) is 0 Å². The van der Waals surface area contributed by atoms with E-state index in [2.05, 4.69) is 24.1 Å². The predicted molar refractivity (Wildman–Crippen MR) is 81.2 cm³/mol. The molecule has 0 saturated carbocycles. The van der Waals surface area contributed by atoms with Crippen LogP contribution in [0.4, 0.5) is 11.4 Å². The molecule has 1 heterocycles. The molecule has 1 atom stereocenters. The van der Waals surface area contributed by atoms with Crippen LogP contribution < -0.4 is 10.2 Å². The second-order valence-electron chi connectivity index (χ2n) is 5.70. The van der Waals surface area contributed by atoms with Gasteiger partial charge in [-0.3, -0.25) is 10.1 Å². The first-order valence-electron chi connectivity index (χ1n) is 7.30. The summed E-state index contributed by atoms with van der Waals surface area (Å²) in [5.41, 5.74) is 0.933. The minimum absolute atomic E-state index is 0.199. The average Bonchev–Trinajstić information content (AvgIpc) is 2.45. The van der Waals surface area contributed by atoms with Gasteiger partial charge in [-0.05, 0) is 51.8 Å². The lowest BCUT2D eigenvalue weighted by Gasteiger charge is -2.34. The number of nitrogens with zero attached hydrogens (tertiary/aromatic N) is 2. The van der Waals surface area contributed by atoms with Crippen LogP contribution in [0.2, 0.25) is 0 Å². The summed E-state index contributed by atoms with van der Waals surface area (Å²) in [5, 5.41) is 14.6. The molecule has 0 bridgehead atoms. The third-order valence-corrected chi connectivity index (χ3v) is 3.87. The first-order chi connectivity index (χ1) is 9.59. The van der Waals surface area contributed by atoms with Gasteiger partial charge in [0.25, 0.3) is 5.69 Å². The minimum Gasteiger partial charge on any atom is -0.363 e. The molecule has 0 spiro atoms. The zero-order valence-corrected chi connectivity index (χ0v) is 12.2. The third kappa shape index (κ3) is 3.48. The smallest absolute Gasteiger partial charge is 0.292 e. The quantitative estimate of drug-likeness (QED) is 0.664. The summed E-state index contributed by atoms with van der Waals surface area (Å²) in [6.07, 6.45) is 2.38. The van der Waals surface area contributed by atoms with Crippen LogP contribution in [-0.2, 0) is 0 Å². The van der Waals surface area contributed by atoms with Gasteiger partial charge in [0.2, 0.25) is 0 Å². The second-order valence-corrected chi connectivity index (χ2v) is 5.70. The molecule has 2 rings (SSSR count).